The normalized spacial score (nSPS) is 11.1. The average molecular weight is 231 g/mol. The third-order valence-electron chi connectivity index (χ3n) is 2.40. The number of alkyl halides is 1. The number of hydrogen-bond donors (Lipinski definition) is 0. The lowest BCUT2D eigenvalue weighted by Gasteiger charge is -2.00. The predicted octanol–water partition coefficient (Wildman–Crippen LogP) is 3.66. The first-order valence-corrected chi connectivity index (χ1v) is 5.59. The Labute approximate surface area is 99.3 Å². The molecule has 2 aromatic carbocycles. The van der Waals surface area contributed by atoms with Crippen molar-refractivity contribution in [2.75, 3.05) is 5.88 Å². The van der Waals surface area contributed by atoms with Gasteiger partial charge < -0.3 is 0 Å². The van der Waals surface area contributed by atoms with E-state index in [0.29, 0.717) is 0 Å². The van der Waals surface area contributed by atoms with E-state index in [1.165, 1.54) is 11.5 Å². The molecule has 0 unspecified atom stereocenters. The molecule has 0 aliphatic rings. The molecule has 16 heavy (non-hydrogen) atoms. The molecule has 0 amide bonds. The van der Waals surface area contributed by atoms with Crippen LogP contribution in [0.3, 0.4) is 0 Å². The van der Waals surface area contributed by atoms with E-state index in [9.17, 15) is 4.79 Å². The van der Waals surface area contributed by atoms with Crippen LogP contribution in [0.1, 0.15) is 5.56 Å². The molecule has 0 spiro atoms. The molecule has 0 N–H and O–H groups in total. The van der Waals surface area contributed by atoms with Crippen molar-refractivity contribution in [3.05, 3.63) is 54.1 Å². The minimum Gasteiger partial charge on any atom is -0.294 e. The van der Waals surface area contributed by atoms with Gasteiger partial charge in [-0.05, 0) is 22.4 Å². The number of rotatable bonds is 3. The van der Waals surface area contributed by atoms with Gasteiger partial charge in [0, 0.05) is 0 Å². The van der Waals surface area contributed by atoms with Crippen LogP contribution in [-0.4, -0.2) is 11.7 Å². The van der Waals surface area contributed by atoms with Crippen molar-refractivity contribution in [1.29, 1.82) is 0 Å². The molecule has 0 aliphatic carbocycles. The van der Waals surface area contributed by atoms with Crippen LogP contribution in [0.25, 0.3) is 16.8 Å². The van der Waals surface area contributed by atoms with Gasteiger partial charge in [0.15, 0.2) is 5.78 Å². The van der Waals surface area contributed by atoms with Gasteiger partial charge in [0.25, 0.3) is 0 Å². The SMILES string of the molecule is O=C(C=Cc1cccc2ccccc12)CCl. The molecule has 80 valence electrons. The van der Waals surface area contributed by atoms with Gasteiger partial charge >= 0.3 is 0 Å². The largest absolute Gasteiger partial charge is 0.294 e. The summed E-state index contributed by atoms with van der Waals surface area (Å²) in [4.78, 5) is 11.1. The van der Waals surface area contributed by atoms with Gasteiger partial charge in [-0.1, -0.05) is 48.5 Å². The van der Waals surface area contributed by atoms with Crippen molar-refractivity contribution in [2.24, 2.45) is 0 Å². The second kappa shape index (κ2) is 4.95. The van der Waals surface area contributed by atoms with Gasteiger partial charge in [-0.15, -0.1) is 11.6 Å². The smallest absolute Gasteiger partial charge is 0.170 e. The van der Waals surface area contributed by atoms with Crippen molar-refractivity contribution >= 4 is 34.2 Å². The minimum absolute atomic E-state index is 0.0290. The van der Waals surface area contributed by atoms with E-state index >= 15 is 0 Å². The van der Waals surface area contributed by atoms with Crippen LogP contribution in [0.2, 0.25) is 0 Å². The molecule has 0 saturated heterocycles. The van der Waals surface area contributed by atoms with Crippen LogP contribution in [-0.2, 0) is 4.79 Å². The van der Waals surface area contributed by atoms with Crippen LogP contribution < -0.4 is 0 Å². The third kappa shape index (κ3) is 2.31. The van der Waals surface area contributed by atoms with E-state index in [0.717, 1.165) is 10.9 Å². The molecule has 1 nitrogen and oxygen atoms in total. The summed E-state index contributed by atoms with van der Waals surface area (Å²) in [6.45, 7) is 0. The van der Waals surface area contributed by atoms with E-state index in [-0.39, 0.29) is 11.7 Å². The van der Waals surface area contributed by atoms with Crippen molar-refractivity contribution in [3.63, 3.8) is 0 Å². The van der Waals surface area contributed by atoms with Gasteiger partial charge in [-0.25, -0.2) is 0 Å². The Morgan fingerprint density at radius 3 is 2.69 bits per heavy atom. The molecule has 0 atom stereocenters. The molecular formula is C14H11ClO. The number of halogens is 1. The summed E-state index contributed by atoms with van der Waals surface area (Å²) in [5.74, 6) is -0.0454. The average Bonchev–Trinajstić information content (AvgIpc) is 2.35. The van der Waals surface area contributed by atoms with Crippen LogP contribution in [0.15, 0.2) is 48.5 Å². The number of carbonyl (C=O) groups excluding carboxylic acids is 1. The maximum atomic E-state index is 11.1. The first-order chi connectivity index (χ1) is 7.81. The summed E-state index contributed by atoms with van der Waals surface area (Å²) in [7, 11) is 0. The van der Waals surface area contributed by atoms with Gasteiger partial charge in [0.1, 0.15) is 0 Å². The zero-order valence-electron chi connectivity index (χ0n) is 8.69. The van der Waals surface area contributed by atoms with E-state index in [2.05, 4.69) is 12.1 Å². The van der Waals surface area contributed by atoms with E-state index in [1.807, 2.05) is 36.4 Å². The molecule has 2 aromatic rings. The van der Waals surface area contributed by atoms with E-state index in [1.54, 1.807) is 0 Å². The molecule has 2 heteroatoms. The Morgan fingerprint density at radius 2 is 1.88 bits per heavy atom. The number of ketones is 1. The Hall–Kier alpha value is -1.60. The van der Waals surface area contributed by atoms with Crippen molar-refractivity contribution in [3.8, 4) is 0 Å². The molecule has 0 radical (unpaired) electrons. The summed E-state index contributed by atoms with van der Waals surface area (Å²) in [5.41, 5.74) is 1.04. The Balaban J connectivity index is 2.45. The van der Waals surface area contributed by atoms with Crippen LogP contribution in [0.5, 0.6) is 0 Å². The highest BCUT2D eigenvalue weighted by molar-refractivity contribution is 6.29. The number of carbonyl (C=O) groups is 1. The maximum Gasteiger partial charge on any atom is 0.170 e. The molecule has 0 saturated carbocycles. The predicted molar refractivity (Wildman–Crippen MR) is 68.7 cm³/mol. The first kappa shape index (κ1) is 10.9. The van der Waals surface area contributed by atoms with Crippen molar-refractivity contribution in [2.45, 2.75) is 0 Å². The molecule has 0 fully saturated rings. The number of allylic oxidation sites excluding steroid dienone is 1. The Bertz CT molecular complexity index is 538. The zero-order valence-corrected chi connectivity index (χ0v) is 9.45. The van der Waals surface area contributed by atoms with Crippen LogP contribution in [0.4, 0.5) is 0 Å². The molecule has 0 heterocycles. The highest BCUT2D eigenvalue weighted by atomic mass is 35.5. The monoisotopic (exact) mass is 230 g/mol. The molecule has 0 bridgehead atoms. The lowest BCUT2D eigenvalue weighted by molar-refractivity contribution is -0.112. The summed E-state index contributed by atoms with van der Waals surface area (Å²) in [5, 5.41) is 2.31. The standard InChI is InChI=1S/C14H11ClO/c15-10-13(16)9-8-12-6-3-5-11-4-1-2-7-14(11)12/h1-9H,10H2. The Morgan fingerprint density at radius 1 is 1.12 bits per heavy atom. The van der Waals surface area contributed by atoms with E-state index < -0.39 is 0 Å². The van der Waals surface area contributed by atoms with Gasteiger partial charge in [0.2, 0.25) is 0 Å². The fraction of sp³-hybridized carbons (Fsp3) is 0.0714. The minimum atomic E-state index is -0.0744. The quantitative estimate of drug-likeness (QED) is 0.581. The topological polar surface area (TPSA) is 17.1 Å². The van der Waals surface area contributed by atoms with Crippen LogP contribution >= 0.6 is 11.6 Å². The van der Waals surface area contributed by atoms with Gasteiger partial charge in [0.05, 0.1) is 5.88 Å². The van der Waals surface area contributed by atoms with E-state index in [4.69, 9.17) is 11.6 Å². The molecular weight excluding hydrogens is 220 g/mol. The maximum absolute atomic E-state index is 11.1. The van der Waals surface area contributed by atoms with Gasteiger partial charge in [-0.3, -0.25) is 4.79 Å². The molecule has 2 rings (SSSR count). The summed E-state index contributed by atoms with van der Waals surface area (Å²) >= 11 is 5.44. The van der Waals surface area contributed by atoms with Gasteiger partial charge in [-0.2, -0.15) is 0 Å². The molecule has 0 aromatic heterocycles. The fourth-order valence-corrected chi connectivity index (χ4v) is 1.71. The third-order valence-corrected chi connectivity index (χ3v) is 2.67. The highest BCUT2D eigenvalue weighted by Gasteiger charge is 1.97. The highest BCUT2D eigenvalue weighted by Crippen LogP contribution is 2.19. The lowest BCUT2D eigenvalue weighted by atomic mass is 10.0. The van der Waals surface area contributed by atoms with Crippen molar-refractivity contribution in [1.82, 2.24) is 0 Å². The molecule has 0 aliphatic heterocycles. The summed E-state index contributed by atoms with van der Waals surface area (Å²) in [6.07, 6.45) is 3.34. The number of fused-ring (bicyclic) bond motifs is 1. The summed E-state index contributed by atoms with van der Waals surface area (Å²) < 4.78 is 0. The Kier molecular flexibility index (Phi) is 3.37. The number of hydrogen-bond acceptors (Lipinski definition) is 1. The second-order valence-electron chi connectivity index (χ2n) is 3.50. The summed E-state index contributed by atoms with van der Waals surface area (Å²) in [6, 6.07) is 14.1. The van der Waals surface area contributed by atoms with Crippen molar-refractivity contribution < 1.29 is 4.79 Å². The zero-order chi connectivity index (χ0) is 11.4. The second-order valence-corrected chi connectivity index (χ2v) is 3.77. The van der Waals surface area contributed by atoms with Crippen LogP contribution in [0, 0.1) is 0 Å². The fourth-order valence-electron chi connectivity index (χ4n) is 1.62. The number of benzene rings is 2. The lowest BCUT2D eigenvalue weighted by Crippen LogP contribution is -1.91. The first-order valence-electron chi connectivity index (χ1n) is 5.06.